The number of ketones is 1. The van der Waals surface area contributed by atoms with Crippen molar-refractivity contribution < 1.29 is 4.79 Å². The maximum atomic E-state index is 12.7. The third-order valence-electron chi connectivity index (χ3n) is 5.15. The summed E-state index contributed by atoms with van der Waals surface area (Å²) in [6, 6.07) is 9.72. The number of fused-ring (bicyclic) bond motifs is 3. The molecule has 0 fully saturated rings. The second kappa shape index (κ2) is 7.03. The standard InChI is InChI=1S/C22H21N3O3/c1-13(2)25-20-19(21(27)24-22(25)28)16-10-15(11-18(26)17(16)12-23-20)9-8-14-6-4-3-5-7-14/h3-9,12-13,15H,10-11H2,1-2H3,(H,24,27,28)/b9-8+. The van der Waals surface area contributed by atoms with Gasteiger partial charge in [-0.3, -0.25) is 19.1 Å². The number of H-pyrrole nitrogens is 1. The van der Waals surface area contributed by atoms with Crippen molar-refractivity contribution in [1.29, 1.82) is 0 Å². The number of rotatable bonds is 3. The first-order valence-corrected chi connectivity index (χ1v) is 9.38. The molecule has 2 aromatic heterocycles. The molecule has 0 bridgehead atoms. The van der Waals surface area contributed by atoms with Crippen molar-refractivity contribution >= 4 is 22.9 Å². The zero-order valence-corrected chi connectivity index (χ0v) is 15.8. The summed E-state index contributed by atoms with van der Waals surface area (Å²) >= 11 is 0. The Morgan fingerprint density at radius 2 is 1.89 bits per heavy atom. The lowest BCUT2D eigenvalue weighted by atomic mass is 9.82. The molecule has 1 unspecified atom stereocenters. The summed E-state index contributed by atoms with van der Waals surface area (Å²) in [5, 5.41) is 0.344. The summed E-state index contributed by atoms with van der Waals surface area (Å²) in [6.45, 7) is 3.72. The van der Waals surface area contributed by atoms with Crippen LogP contribution in [-0.2, 0) is 6.42 Å². The molecule has 0 amide bonds. The molecule has 0 saturated carbocycles. The SMILES string of the molecule is CC(C)n1c(=O)[nH]c(=O)c2c3c(cnc21)C(=O)CC(/C=C/c1ccccc1)C3. The lowest BCUT2D eigenvalue weighted by Gasteiger charge is -2.23. The van der Waals surface area contributed by atoms with E-state index in [4.69, 9.17) is 0 Å². The largest absolute Gasteiger partial charge is 0.330 e. The molecule has 1 aliphatic rings. The molecule has 28 heavy (non-hydrogen) atoms. The maximum absolute atomic E-state index is 12.7. The molecular formula is C22H21N3O3. The average molecular weight is 375 g/mol. The number of allylic oxidation sites excluding steroid dienone is 1. The van der Waals surface area contributed by atoms with Gasteiger partial charge in [-0.25, -0.2) is 9.78 Å². The van der Waals surface area contributed by atoms with Crippen molar-refractivity contribution in [2.45, 2.75) is 32.7 Å². The van der Waals surface area contributed by atoms with Gasteiger partial charge in [-0.2, -0.15) is 0 Å². The van der Waals surface area contributed by atoms with Gasteiger partial charge < -0.3 is 0 Å². The number of hydrogen-bond donors (Lipinski definition) is 1. The fourth-order valence-corrected chi connectivity index (χ4v) is 3.84. The van der Waals surface area contributed by atoms with Crippen LogP contribution in [0.2, 0.25) is 0 Å². The van der Waals surface area contributed by atoms with Crippen LogP contribution < -0.4 is 11.2 Å². The summed E-state index contributed by atoms with van der Waals surface area (Å²) < 4.78 is 1.46. The van der Waals surface area contributed by atoms with Gasteiger partial charge in [-0.1, -0.05) is 42.5 Å². The van der Waals surface area contributed by atoms with E-state index in [1.54, 1.807) is 0 Å². The Bertz CT molecular complexity index is 1200. The minimum atomic E-state index is -0.485. The quantitative estimate of drug-likeness (QED) is 0.762. The highest BCUT2D eigenvalue weighted by Crippen LogP contribution is 2.30. The van der Waals surface area contributed by atoms with Crippen molar-refractivity contribution in [2.24, 2.45) is 5.92 Å². The number of nitrogens with one attached hydrogen (secondary N) is 1. The molecule has 6 nitrogen and oxygen atoms in total. The summed E-state index contributed by atoms with van der Waals surface area (Å²) in [5.74, 6) is -0.0373. The molecule has 0 aliphatic heterocycles. The summed E-state index contributed by atoms with van der Waals surface area (Å²) in [4.78, 5) is 44.2. The van der Waals surface area contributed by atoms with E-state index in [9.17, 15) is 14.4 Å². The number of aromatic nitrogens is 3. The van der Waals surface area contributed by atoms with Crippen LogP contribution >= 0.6 is 0 Å². The molecule has 0 saturated heterocycles. The van der Waals surface area contributed by atoms with E-state index >= 15 is 0 Å². The third-order valence-corrected chi connectivity index (χ3v) is 5.15. The monoisotopic (exact) mass is 375 g/mol. The van der Waals surface area contributed by atoms with Crippen LogP contribution in [0.15, 0.2) is 52.2 Å². The average Bonchev–Trinajstić information content (AvgIpc) is 2.66. The van der Waals surface area contributed by atoms with Crippen molar-refractivity contribution in [3.05, 3.63) is 80.1 Å². The van der Waals surface area contributed by atoms with Gasteiger partial charge in [-0.15, -0.1) is 0 Å². The molecule has 1 atom stereocenters. The first-order chi connectivity index (χ1) is 13.5. The highest BCUT2D eigenvalue weighted by molar-refractivity contribution is 6.02. The molecule has 142 valence electrons. The van der Waals surface area contributed by atoms with E-state index in [1.165, 1.54) is 10.8 Å². The van der Waals surface area contributed by atoms with Crippen molar-refractivity contribution in [3.8, 4) is 0 Å². The lowest BCUT2D eigenvalue weighted by molar-refractivity contribution is 0.0959. The third kappa shape index (κ3) is 3.11. The Morgan fingerprint density at radius 3 is 2.61 bits per heavy atom. The molecule has 4 rings (SSSR count). The first-order valence-electron chi connectivity index (χ1n) is 9.38. The number of carbonyl (C=O) groups excluding carboxylic acids is 1. The van der Waals surface area contributed by atoms with Gasteiger partial charge in [0.1, 0.15) is 5.65 Å². The Labute approximate surface area is 161 Å². The normalized spacial score (nSPS) is 16.8. The van der Waals surface area contributed by atoms with Crippen LogP contribution in [0.5, 0.6) is 0 Å². The van der Waals surface area contributed by atoms with E-state index in [2.05, 4.69) is 9.97 Å². The van der Waals surface area contributed by atoms with Crippen LogP contribution in [-0.4, -0.2) is 20.3 Å². The molecule has 1 N–H and O–H groups in total. The molecule has 0 spiro atoms. The Kier molecular flexibility index (Phi) is 4.55. The second-order valence-corrected chi connectivity index (χ2v) is 7.43. The topological polar surface area (TPSA) is 84.8 Å². The number of nitrogens with zero attached hydrogens (tertiary/aromatic N) is 2. The Morgan fingerprint density at radius 1 is 1.14 bits per heavy atom. The van der Waals surface area contributed by atoms with Gasteiger partial charge in [0.2, 0.25) is 0 Å². The highest BCUT2D eigenvalue weighted by atomic mass is 16.2. The number of Topliss-reactive ketones (excluding diaryl/α,β-unsaturated/α-hetero) is 1. The number of hydrogen-bond acceptors (Lipinski definition) is 4. The number of benzene rings is 1. The molecule has 3 aromatic rings. The van der Waals surface area contributed by atoms with Gasteiger partial charge in [-0.05, 0) is 37.3 Å². The Balaban J connectivity index is 1.84. The summed E-state index contributed by atoms with van der Waals surface area (Å²) in [5.41, 5.74) is 1.59. The summed E-state index contributed by atoms with van der Waals surface area (Å²) in [7, 11) is 0. The molecular weight excluding hydrogens is 354 g/mol. The number of aromatic amines is 1. The predicted molar refractivity (Wildman–Crippen MR) is 109 cm³/mol. The number of carbonyl (C=O) groups is 1. The lowest BCUT2D eigenvalue weighted by Crippen LogP contribution is -2.33. The first kappa shape index (κ1) is 18.1. The minimum Gasteiger partial charge on any atom is -0.294 e. The van der Waals surface area contributed by atoms with Gasteiger partial charge in [0.15, 0.2) is 5.78 Å². The fourth-order valence-electron chi connectivity index (χ4n) is 3.84. The van der Waals surface area contributed by atoms with Gasteiger partial charge in [0.05, 0.1) is 5.39 Å². The molecule has 0 radical (unpaired) electrons. The van der Waals surface area contributed by atoms with Crippen molar-refractivity contribution in [2.75, 3.05) is 0 Å². The zero-order chi connectivity index (χ0) is 19.8. The van der Waals surface area contributed by atoms with Gasteiger partial charge in [0.25, 0.3) is 5.56 Å². The van der Waals surface area contributed by atoms with E-state index < -0.39 is 11.2 Å². The van der Waals surface area contributed by atoms with Gasteiger partial charge >= 0.3 is 5.69 Å². The zero-order valence-electron chi connectivity index (χ0n) is 15.8. The molecule has 1 aromatic carbocycles. The van der Waals surface area contributed by atoms with Crippen LogP contribution in [0.1, 0.15) is 47.8 Å². The van der Waals surface area contributed by atoms with E-state index in [1.807, 2.05) is 56.3 Å². The fraction of sp³-hybridized carbons (Fsp3) is 0.273. The van der Waals surface area contributed by atoms with E-state index in [0.29, 0.717) is 35.0 Å². The highest BCUT2D eigenvalue weighted by Gasteiger charge is 2.28. The Hall–Kier alpha value is -3.28. The molecule has 6 heteroatoms. The number of pyridine rings is 1. The van der Waals surface area contributed by atoms with Crippen LogP contribution in [0.3, 0.4) is 0 Å². The molecule has 1 aliphatic carbocycles. The van der Waals surface area contributed by atoms with E-state index in [0.717, 1.165) is 5.56 Å². The van der Waals surface area contributed by atoms with Gasteiger partial charge in [0, 0.05) is 24.2 Å². The van der Waals surface area contributed by atoms with Crippen LogP contribution in [0, 0.1) is 5.92 Å². The molecule has 2 heterocycles. The summed E-state index contributed by atoms with van der Waals surface area (Å²) in [6.07, 6.45) is 6.47. The maximum Gasteiger partial charge on any atom is 0.330 e. The van der Waals surface area contributed by atoms with Crippen LogP contribution in [0.4, 0.5) is 0 Å². The smallest absolute Gasteiger partial charge is 0.294 e. The minimum absolute atomic E-state index is 0.00960. The van der Waals surface area contributed by atoms with Crippen molar-refractivity contribution in [3.63, 3.8) is 0 Å². The van der Waals surface area contributed by atoms with E-state index in [-0.39, 0.29) is 17.7 Å². The van der Waals surface area contributed by atoms with Crippen LogP contribution in [0.25, 0.3) is 17.1 Å². The predicted octanol–water partition coefficient (Wildman–Crippen LogP) is 3.12. The van der Waals surface area contributed by atoms with Crippen molar-refractivity contribution in [1.82, 2.24) is 14.5 Å². The second-order valence-electron chi connectivity index (χ2n) is 7.43.